The maximum Gasteiger partial charge on any atom is 0.343 e. The minimum Gasteiger partial charge on any atom is -0.462 e. The number of rotatable bonds is 3. The van der Waals surface area contributed by atoms with Crippen molar-refractivity contribution in [1.82, 2.24) is 9.55 Å². The van der Waals surface area contributed by atoms with E-state index in [0.29, 0.717) is 5.82 Å². The number of benzene rings is 1. The number of thiazole rings is 1. The summed E-state index contributed by atoms with van der Waals surface area (Å²) in [6.07, 6.45) is 1.23. The highest BCUT2D eigenvalue weighted by Gasteiger charge is 2.19. The molecule has 0 saturated carbocycles. The van der Waals surface area contributed by atoms with E-state index in [0.717, 1.165) is 12.1 Å². The molecule has 1 aromatic carbocycles. The number of esters is 1. The molecule has 0 fully saturated rings. The van der Waals surface area contributed by atoms with Crippen LogP contribution in [-0.2, 0) is 4.74 Å². The van der Waals surface area contributed by atoms with Crippen molar-refractivity contribution < 1.29 is 18.3 Å². The first-order valence-corrected chi connectivity index (χ1v) is 7.57. The Morgan fingerprint density at radius 1 is 1.35 bits per heavy atom. The summed E-state index contributed by atoms with van der Waals surface area (Å²) in [6.45, 7) is 1.69. The molecule has 0 aliphatic heterocycles. The summed E-state index contributed by atoms with van der Waals surface area (Å²) in [7, 11) is 0. The summed E-state index contributed by atoms with van der Waals surface area (Å²) in [5.74, 6) is -2.70. The lowest BCUT2D eigenvalue weighted by Crippen LogP contribution is -2.21. The van der Waals surface area contributed by atoms with Crippen molar-refractivity contribution in [3.8, 4) is 5.82 Å². The largest absolute Gasteiger partial charge is 0.462 e. The summed E-state index contributed by atoms with van der Waals surface area (Å²) in [5.41, 5.74) is 0.679. The Morgan fingerprint density at radius 2 is 2.09 bits per heavy atom. The summed E-state index contributed by atoms with van der Waals surface area (Å²) in [5, 5.41) is 1.53. The first kappa shape index (κ1) is 15.3. The lowest BCUT2D eigenvalue weighted by molar-refractivity contribution is 0.0524. The van der Waals surface area contributed by atoms with Crippen molar-refractivity contribution in [3.63, 3.8) is 0 Å². The monoisotopic (exact) mass is 336 g/mol. The van der Waals surface area contributed by atoms with Gasteiger partial charge in [0.25, 0.3) is 0 Å². The minimum absolute atomic E-state index is 0.0881. The van der Waals surface area contributed by atoms with Crippen LogP contribution in [0, 0.1) is 11.6 Å². The van der Waals surface area contributed by atoms with Crippen LogP contribution in [0.25, 0.3) is 16.7 Å². The topological polar surface area (TPSA) is 61.2 Å². The Bertz CT molecular complexity index is 952. The van der Waals surface area contributed by atoms with Gasteiger partial charge in [-0.1, -0.05) is 0 Å². The van der Waals surface area contributed by atoms with Gasteiger partial charge in [-0.3, -0.25) is 9.36 Å². The van der Waals surface area contributed by atoms with Crippen LogP contribution in [0.1, 0.15) is 17.3 Å². The van der Waals surface area contributed by atoms with Crippen molar-refractivity contribution in [2.24, 2.45) is 0 Å². The van der Waals surface area contributed by atoms with Gasteiger partial charge in [-0.05, 0) is 13.0 Å². The fraction of sp³-hybridized carbons (Fsp3) is 0.133. The standard InChI is InChI=1S/C15H10F2N2O3S/c1-2-22-15(21)9-5-19(13-6-23-7-18-13)12-4-11(17)10(16)3-8(12)14(9)20/h3-7H,2H2,1H3. The molecular weight excluding hydrogens is 326 g/mol. The first-order chi connectivity index (χ1) is 11.0. The SMILES string of the molecule is CCOC(=O)c1cn(-c2cscn2)c2cc(F)c(F)cc2c1=O. The molecule has 23 heavy (non-hydrogen) atoms. The second-order valence-corrected chi connectivity index (χ2v) is 5.31. The van der Waals surface area contributed by atoms with E-state index >= 15 is 0 Å². The van der Waals surface area contributed by atoms with E-state index in [1.165, 1.54) is 22.1 Å². The maximum atomic E-state index is 13.6. The van der Waals surface area contributed by atoms with Gasteiger partial charge >= 0.3 is 5.97 Å². The van der Waals surface area contributed by atoms with Crippen LogP contribution >= 0.6 is 11.3 Å². The fourth-order valence-corrected chi connectivity index (χ4v) is 2.71. The lowest BCUT2D eigenvalue weighted by Gasteiger charge is -2.11. The molecule has 0 N–H and O–H groups in total. The van der Waals surface area contributed by atoms with Crippen LogP contribution in [0.5, 0.6) is 0 Å². The van der Waals surface area contributed by atoms with Crippen LogP contribution in [0.4, 0.5) is 8.78 Å². The number of carbonyl (C=O) groups is 1. The van der Waals surface area contributed by atoms with E-state index in [4.69, 9.17) is 4.74 Å². The molecule has 0 radical (unpaired) electrons. The Morgan fingerprint density at radius 3 is 2.74 bits per heavy atom. The van der Waals surface area contributed by atoms with Crippen molar-refractivity contribution in [2.75, 3.05) is 6.61 Å². The number of nitrogens with zero attached hydrogens (tertiary/aromatic N) is 2. The van der Waals surface area contributed by atoms with Crippen molar-refractivity contribution in [2.45, 2.75) is 6.92 Å². The molecule has 0 aliphatic carbocycles. The zero-order valence-electron chi connectivity index (χ0n) is 11.9. The summed E-state index contributed by atoms with van der Waals surface area (Å²) >= 11 is 1.28. The molecule has 5 nitrogen and oxygen atoms in total. The maximum absolute atomic E-state index is 13.6. The number of fused-ring (bicyclic) bond motifs is 1. The van der Waals surface area contributed by atoms with Crippen molar-refractivity contribution in [3.05, 3.63) is 56.6 Å². The van der Waals surface area contributed by atoms with E-state index in [1.54, 1.807) is 17.8 Å². The van der Waals surface area contributed by atoms with Crippen molar-refractivity contribution >= 4 is 28.2 Å². The number of hydrogen-bond donors (Lipinski definition) is 0. The smallest absolute Gasteiger partial charge is 0.343 e. The van der Waals surface area contributed by atoms with Gasteiger partial charge in [0.05, 0.1) is 23.0 Å². The molecule has 0 saturated heterocycles. The Balaban J connectivity index is 2.40. The number of hydrogen-bond acceptors (Lipinski definition) is 5. The highest BCUT2D eigenvalue weighted by Crippen LogP contribution is 2.21. The van der Waals surface area contributed by atoms with E-state index in [-0.39, 0.29) is 23.1 Å². The summed E-state index contributed by atoms with van der Waals surface area (Å²) < 4.78 is 33.3. The molecule has 0 spiro atoms. The molecule has 0 unspecified atom stereocenters. The minimum atomic E-state index is -1.17. The lowest BCUT2D eigenvalue weighted by atomic mass is 10.1. The van der Waals surface area contributed by atoms with E-state index in [9.17, 15) is 18.4 Å². The van der Waals surface area contributed by atoms with Gasteiger partial charge in [0.2, 0.25) is 5.43 Å². The fourth-order valence-electron chi connectivity index (χ4n) is 2.19. The Labute approximate surface area is 132 Å². The highest BCUT2D eigenvalue weighted by molar-refractivity contribution is 7.07. The molecule has 0 aliphatic rings. The molecule has 3 aromatic rings. The van der Waals surface area contributed by atoms with Gasteiger partial charge < -0.3 is 4.74 Å². The summed E-state index contributed by atoms with van der Waals surface area (Å²) in [4.78, 5) is 28.4. The number of carbonyl (C=O) groups excluding carboxylic acids is 1. The van der Waals surface area contributed by atoms with Crippen LogP contribution in [0.2, 0.25) is 0 Å². The predicted octanol–water partition coefficient (Wildman–Crippen LogP) is 2.90. The molecule has 2 aromatic heterocycles. The first-order valence-electron chi connectivity index (χ1n) is 6.63. The second-order valence-electron chi connectivity index (χ2n) is 4.59. The third-order valence-electron chi connectivity index (χ3n) is 3.21. The molecule has 0 atom stereocenters. The number of pyridine rings is 1. The van der Waals surface area contributed by atoms with Gasteiger partial charge in [-0.25, -0.2) is 18.6 Å². The van der Waals surface area contributed by atoms with E-state index in [2.05, 4.69) is 4.98 Å². The highest BCUT2D eigenvalue weighted by atomic mass is 32.1. The average molecular weight is 336 g/mol. The molecule has 118 valence electrons. The Kier molecular flexibility index (Phi) is 3.91. The predicted molar refractivity (Wildman–Crippen MR) is 81.1 cm³/mol. The van der Waals surface area contributed by atoms with Crippen LogP contribution < -0.4 is 5.43 Å². The Hall–Kier alpha value is -2.61. The number of halogens is 2. The van der Waals surface area contributed by atoms with Gasteiger partial charge in [0.15, 0.2) is 11.6 Å². The molecule has 2 heterocycles. The van der Waals surface area contributed by atoms with Gasteiger partial charge in [0.1, 0.15) is 11.4 Å². The van der Waals surface area contributed by atoms with Gasteiger partial charge in [-0.15, -0.1) is 11.3 Å². The quantitative estimate of drug-likeness (QED) is 0.690. The molecular formula is C15H10F2N2O3S. The third kappa shape index (κ3) is 2.61. The average Bonchev–Trinajstić information content (AvgIpc) is 3.04. The van der Waals surface area contributed by atoms with E-state index < -0.39 is 23.0 Å². The number of aromatic nitrogens is 2. The molecule has 8 heteroatoms. The van der Waals surface area contributed by atoms with Crippen LogP contribution in [-0.4, -0.2) is 22.1 Å². The molecule has 0 bridgehead atoms. The zero-order valence-corrected chi connectivity index (χ0v) is 12.7. The van der Waals surface area contributed by atoms with Gasteiger partial charge in [0, 0.05) is 17.6 Å². The third-order valence-corrected chi connectivity index (χ3v) is 3.78. The van der Waals surface area contributed by atoms with E-state index in [1.807, 2.05) is 0 Å². The zero-order chi connectivity index (χ0) is 16.6. The normalized spacial score (nSPS) is 10.9. The van der Waals surface area contributed by atoms with Crippen molar-refractivity contribution in [1.29, 1.82) is 0 Å². The van der Waals surface area contributed by atoms with Crippen LogP contribution in [0.3, 0.4) is 0 Å². The molecule has 3 rings (SSSR count). The number of ether oxygens (including phenoxy) is 1. The van der Waals surface area contributed by atoms with Gasteiger partial charge in [-0.2, -0.15) is 0 Å². The second kappa shape index (κ2) is 5.88. The summed E-state index contributed by atoms with van der Waals surface area (Å²) in [6, 6.07) is 1.68. The molecule has 0 amide bonds. The van der Waals surface area contributed by atoms with Crippen LogP contribution in [0.15, 0.2) is 34.0 Å².